The van der Waals surface area contributed by atoms with Crippen LogP contribution in [0.4, 0.5) is 5.69 Å². The summed E-state index contributed by atoms with van der Waals surface area (Å²) in [7, 11) is -0.707. The zero-order chi connectivity index (χ0) is 24.8. The summed E-state index contributed by atoms with van der Waals surface area (Å²) >= 11 is 0. The number of rotatable bonds is 8. The molecular formula is C24H31N5O4S. The van der Waals surface area contributed by atoms with Gasteiger partial charge in [0.05, 0.1) is 22.6 Å². The summed E-state index contributed by atoms with van der Waals surface area (Å²) < 4.78 is 26.3. The fourth-order valence-electron chi connectivity index (χ4n) is 4.46. The SMILES string of the molecule is CCN(CC)CCN1Cc2[nH]c(/C=C3\C(=O)Nc4ccc(S(=O)(=O)N(C)C)cc43)c(C)c2C1=O. The summed E-state index contributed by atoms with van der Waals surface area (Å²) in [5.41, 5.74) is 4.42. The number of aromatic nitrogens is 1. The molecule has 0 atom stereocenters. The first-order valence-corrected chi connectivity index (χ1v) is 12.9. The summed E-state index contributed by atoms with van der Waals surface area (Å²) in [4.78, 5) is 33.3. The number of anilines is 1. The van der Waals surface area contributed by atoms with Crippen molar-refractivity contribution in [3.8, 4) is 0 Å². The number of benzene rings is 1. The third kappa shape index (κ3) is 4.06. The van der Waals surface area contributed by atoms with Gasteiger partial charge in [0.1, 0.15) is 0 Å². The van der Waals surface area contributed by atoms with E-state index in [2.05, 4.69) is 29.0 Å². The number of aromatic amines is 1. The fraction of sp³-hybridized carbons (Fsp3) is 0.417. The summed E-state index contributed by atoms with van der Waals surface area (Å²) in [6.07, 6.45) is 1.70. The lowest BCUT2D eigenvalue weighted by Crippen LogP contribution is -2.35. The van der Waals surface area contributed by atoms with Crippen molar-refractivity contribution in [3.63, 3.8) is 0 Å². The van der Waals surface area contributed by atoms with Crippen LogP contribution < -0.4 is 5.32 Å². The minimum Gasteiger partial charge on any atom is -0.357 e. The zero-order valence-corrected chi connectivity index (χ0v) is 21.0. The molecular weight excluding hydrogens is 454 g/mol. The number of nitrogens with zero attached hydrogens (tertiary/aromatic N) is 3. The minimum absolute atomic E-state index is 0.00353. The van der Waals surface area contributed by atoms with Crippen LogP contribution in [0.5, 0.6) is 0 Å². The summed E-state index contributed by atoms with van der Waals surface area (Å²) in [5, 5.41) is 2.79. The van der Waals surface area contributed by atoms with E-state index in [-0.39, 0.29) is 16.7 Å². The number of sulfonamides is 1. The van der Waals surface area contributed by atoms with Gasteiger partial charge in [-0.3, -0.25) is 9.59 Å². The topological polar surface area (TPSA) is 106 Å². The quantitative estimate of drug-likeness (QED) is 0.559. The van der Waals surface area contributed by atoms with Crippen molar-refractivity contribution in [1.29, 1.82) is 0 Å². The number of carbonyl (C=O) groups is 2. The second-order valence-corrected chi connectivity index (χ2v) is 10.9. The fourth-order valence-corrected chi connectivity index (χ4v) is 5.39. The number of carbonyl (C=O) groups excluding carboxylic acids is 2. The number of nitrogens with one attached hydrogen (secondary N) is 2. The first-order valence-electron chi connectivity index (χ1n) is 11.4. The second kappa shape index (κ2) is 9.01. The minimum atomic E-state index is -3.64. The van der Waals surface area contributed by atoms with Crippen molar-refractivity contribution >= 4 is 39.2 Å². The Labute approximate surface area is 200 Å². The van der Waals surface area contributed by atoms with Gasteiger partial charge in [0.2, 0.25) is 10.0 Å². The van der Waals surface area contributed by atoms with Gasteiger partial charge in [0, 0.05) is 49.8 Å². The van der Waals surface area contributed by atoms with Gasteiger partial charge >= 0.3 is 0 Å². The van der Waals surface area contributed by atoms with Gasteiger partial charge in [-0.1, -0.05) is 13.8 Å². The van der Waals surface area contributed by atoms with E-state index in [1.54, 1.807) is 12.1 Å². The Morgan fingerprint density at radius 2 is 1.85 bits per heavy atom. The number of H-pyrrole nitrogens is 1. The summed E-state index contributed by atoms with van der Waals surface area (Å²) in [5.74, 6) is -0.313. The van der Waals surface area contributed by atoms with Crippen LogP contribution in [0.15, 0.2) is 23.1 Å². The van der Waals surface area contributed by atoms with Crippen molar-refractivity contribution in [2.75, 3.05) is 45.6 Å². The molecule has 0 saturated heterocycles. The maximum absolute atomic E-state index is 13.1. The van der Waals surface area contributed by atoms with Crippen LogP contribution in [0.2, 0.25) is 0 Å². The third-order valence-electron chi connectivity index (χ3n) is 6.64. The van der Waals surface area contributed by atoms with E-state index in [0.717, 1.165) is 35.2 Å². The lowest BCUT2D eigenvalue weighted by Gasteiger charge is -2.22. The molecule has 10 heteroatoms. The first-order chi connectivity index (χ1) is 16.1. The van der Waals surface area contributed by atoms with Gasteiger partial charge in [-0.25, -0.2) is 12.7 Å². The highest BCUT2D eigenvalue weighted by molar-refractivity contribution is 7.89. The van der Waals surface area contributed by atoms with E-state index in [9.17, 15) is 18.0 Å². The van der Waals surface area contributed by atoms with E-state index in [4.69, 9.17) is 0 Å². The molecule has 1 aromatic heterocycles. The number of fused-ring (bicyclic) bond motifs is 2. The van der Waals surface area contributed by atoms with Gasteiger partial charge < -0.3 is 20.1 Å². The Hall–Kier alpha value is -2.95. The average molecular weight is 486 g/mol. The second-order valence-electron chi connectivity index (χ2n) is 8.78. The monoisotopic (exact) mass is 485 g/mol. The van der Waals surface area contributed by atoms with Crippen LogP contribution in [0.25, 0.3) is 11.6 Å². The van der Waals surface area contributed by atoms with Crippen LogP contribution in [-0.2, 0) is 21.4 Å². The number of hydrogen-bond donors (Lipinski definition) is 2. The molecule has 0 unspecified atom stereocenters. The third-order valence-corrected chi connectivity index (χ3v) is 8.45. The zero-order valence-electron chi connectivity index (χ0n) is 20.2. The smallest absolute Gasteiger partial charge is 0.256 e. The Bertz CT molecular complexity index is 1290. The highest BCUT2D eigenvalue weighted by atomic mass is 32.2. The van der Waals surface area contributed by atoms with E-state index < -0.39 is 10.0 Å². The van der Waals surface area contributed by atoms with Gasteiger partial charge in [-0.2, -0.15) is 0 Å². The molecule has 0 fully saturated rings. The average Bonchev–Trinajstić information content (AvgIpc) is 3.39. The molecule has 0 aliphatic carbocycles. The Morgan fingerprint density at radius 1 is 1.15 bits per heavy atom. The van der Waals surface area contributed by atoms with E-state index in [1.165, 1.54) is 26.2 Å². The van der Waals surface area contributed by atoms with Gasteiger partial charge in [0.15, 0.2) is 0 Å². The molecule has 0 bridgehead atoms. The predicted octanol–water partition coefficient (Wildman–Crippen LogP) is 2.36. The molecule has 2 N–H and O–H groups in total. The molecule has 2 aliphatic heterocycles. The molecule has 2 aliphatic rings. The van der Waals surface area contributed by atoms with Crippen LogP contribution in [0, 0.1) is 6.92 Å². The molecule has 1 aromatic carbocycles. The van der Waals surface area contributed by atoms with Gasteiger partial charge in [-0.15, -0.1) is 0 Å². The maximum atomic E-state index is 13.1. The first kappa shape index (κ1) is 24.2. The van der Waals surface area contributed by atoms with E-state index in [1.807, 2.05) is 11.8 Å². The largest absolute Gasteiger partial charge is 0.357 e. The predicted molar refractivity (Wildman–Crippen MR) is 132 cm³/mol. The standard InChI is InChI=1S/C24H31N5O4S/c1-6-28(7-2)10-11-29-14-21-22(24(29)31)15(3)20(25-21)13-18-17-12-16(34(32,33)27(4)5)8-9-19(17)26-23(18)30/h8-9,12-13,25H,6-7,10-11,14H2,1-5H3,(H,26,30)/b18-13-. The Balaban J connectivity index is 1.64. The molecule has 3 heterocycles. The van der Waals surface area contributed by atoms with Crippen molar-refractivity contribution in [1.82, 2.24) is 19.1 Å². The molecule has 4 rings (SSSR count). The highest BCUT2D eigenvalue weighted by Gasteiger charge is 2.33. The Morgan fingerprint density at radius 3 is 2.47 bits per heavy atom. The van der Waals surface area contributed by atoms with E-state index >= 15 is 0 Å². The number of hydrogen-bond acceptors (Lipinski definition) is 5. The summed E-state index contributed by atoms with van der Waals surface area (Å²) in [6.45, 7) is 9.98. The van der Waals surface area contributed by atoms with Crippen LogP contribution in [0.3, 0.4) is 0 Å². The van der Waals surface area contributed by atoms with Crippen LogP contribution >= 0.6 is 0 Å². The van der Waals surface area contributed by atoms with Crippen molar-refractivity contribution in [2.24, 2.45) is 0 Å². The molecule has 0 radical (unpaired) electrons. The molecule has 0 spiro atoms. The number of likely N-dealkylation sites (N-methyl/N-ethyl adjacent to an activating group) is 1. The highest BCUT2D eigenvalue weighted by Crippen LogP contribution is 2.37. The van der Waals surface area contributed by atoms with Crippen LogP contribution in [0.1, 0.15) is 46.7 Å². The maximum Gasteiger partial charge on any atom is 0.256 e. The summed E-state index contributed by atoms with van der Waals surface area (Å²) in [6, 6.07) is 4.60. The van der Waals surface area contributed by atoms with Crippen molar-refractivity contribution in [3.05, 3.63) is 46.3 Å². The van der Waals surface area contributed by atoms with Gasteiger partial charge in [-0.05, 0) is 49.9 Å². The normalized spacial score (nSPS) is 16.7. The molecule has 2 amide bonds. The van der Waals surface area contributed by atoms with Crippen LogP contribution in [-0.4, -0.2) is 79.6 Å². The molecule has 0 saturated carbocycles. The van der Waals surface area contributed by atoms with Crippen molar-refractivity contribution in [2.45, 2.75) is 32.2 Å². The molecule has 2 aromatic rings. The Kier molecular flexibility index (Phi) is 6.41. The number of amides is 2. The lowest BCUT2D eigenvalue weighted by molar-refractivity contribution is -0.110. The van der Waals surface area contributed by atoms with E-state index in [0.29, 0.717) is 41.2 Å². The van der Waals surface area contributed by atoms with Crippen molar-refractivity contribution < 1.29 is 18.0 Å². The molecule has 34 heavy (non-hydrogen) atoms. The lowest BCUT2D eigenvalue weighted by atomic mass is 10.0. The molecule has 182 valence electrons. The molecule has 9 nitrogen and oxygen atoms in total. The van der Waals surface area contributed by atoms with Gasteiger partial charge in [0.25, 0.3) is 11.8 Å².